The third-order valence-electron chi connectivity index (χ3n) is 6.81. The number of hydrogen-bond acceptors (Lipinski definition) is 4. The molecule has 2 atom stereocenters. The van der Waals surface area contributed by atoms with Gasteiger partial charge < -0.3 is 19.5 Å². The van der Waals surface area contributed by atoms with E-state index >= 15 is 0 Å². The van der Waals surface area contributed by atoms with Crippen molar-refractivity contribution >= 4 is 23.3 Å². The standard InChI is InChI=1S/C27H32N4O2S/c1-17-10-8-12-23(19(17)3)31-18(2)16-21(20(31)4)26-25(22-11-6-7-14-28-22)29-27(34)30(26)15-9-13-24(32)33-5/h6-8,10-12,14,16,25-26H,9,13,15H2,1-5H3,(H,29,34)/t25-,26-/m0/s1. The lowest BCUT2D eigenvalue weighted by atomic mass is 9.96. The summed E-state index contributed by atoms with van der Waals surface area (Å²) in [7, 11) is 1.42. The number of pyridine rings is 1. The van der Waals surface area contributed by atoms with Crippen LogP contribution in [0.3, 0.4) is 0 Å². The molecule has 0 amide bonds. The average molecular weight is 477 g/mol. The zero-order valence-electron chi connectivity index (χ0n) is 20.5. The van der Waals surface area contributed by atoms with Gasteiger partial charge in [0.25, 0.3) is 0 Å². The van der Waals surface area contributed by atoms with Crippen LogP contribution >= 0.6 is 12.2 Å². The van der Waals surface area contributed by atoms with E-state index in [-0.39, 0.29) is 18.1 Å². The van der Waals surface area contributed by atoms with E-state index < -0.39 is 0 Å². The van der Waals surface area contributed by atoms with Crippen molar-refractivity contribution in [3.8, 4) is 5.69 Å². The average Bonchev–Trinajstić information content (AvgIpc) is 3.31. The summed E-state index contributed by atoms with van der Waals surface area (Å²) < 4.78 is 7.17. The first-order valence-electron chi connectivity index (χ1n) is 11.6. The van der Waals surface area contributed by atoms with Crippen LogP contribution in [-0.4, -0.2) is 39.2 Å². The van der Waals surface area contributed by atoms with Crippen molar-refractivity contribution in [2.45, 2.75) is 52.6 Å². The minimum Gasteiger partial charge on any atom is -0.469 e. The summed E-state index contributed by atoms with van der Waals surface area (Å²) in [6.45, 7) is 9.30. The summed E-state index contributed by atoms with van der Waals surface area (Å²) in [4.78, 5) is 18.6. The number of benzene rings is 1. The van der Waals surface area contributed by atoms with E-state index in [0.29, 0.717) is 24.5 Å². The van der Waals surface area contributed by atoms with Gasteiger partial charge in [0, 0.05) is 36.2 Å². The molecule has 7 heteroatoms. The molecule has 1 aliphatic heterocycles. The highest BCUT2D eigenvalue weighted by molar-refractivity contribution is 7.80. The minimum atomic E-state index is -0.205. The molecule has 2 aromatic heterocycles. The van der Waals surface area contributed by atoms with E-state index in [1.807, 2.05) is 24.4 Å². The minimum absolute atomic E-state index is 0.0369. The molecule has 6 nitrogen and oxygen atoms in total. The fourth-order valence-corrected chi connectivity index (χ4v) is 5.25. The Kier molecular flexibility index (Phi) is 7.03. The Morgan fingerprint density at radius 1 is 1.15 bits per heavy atom. The van der Waals surface area contributed by atoms with Gasteiger partial charge in [-0.3, -0.25) is 9.78 Å². The molecule has 1 aliphatic rings. The smallest absolute Gasteiger partial charge is 0.305 e. The van der Waals surface area contributed by atoms with Crippen molar-refractivity contribution < 1.29 is 9.53 Å². The van der Waals surface area contributed by atoms with Gasteiger partial charge >= 0.3 is 5.97 Å². The van der Waals surface area contributed by atoms with Gasteiger partial charge in [-0.2, -0.15) is 0 Å². The van der Waals surface area contributed by atoms with Gasteiger partial charge in [0.05, 0.1) is 24.9 Å². The quantitative estimate of drug-likeness (QED) is 0.381. The monoisotopic (exact) mass is 476 g/mol. The lowest BCUT2D eigenvalue weighted by molar-refractivity contribution is -0.140. The Balaban J connectivity index is 1.78. The number of nitrogens with one attached hydrogen (secondary N) is 1. The molecule has 0 aliphatic carbocycles. The highest BCUT2D eigenvalue weighted by atomic mass is 32.1. The maximum absolute atomic E-state index is 11.7. The van der Waals surface area contributed by atoms with E-state index in [4.69, 9.17) is 17.0 Å². The first-order valence-corrected chi connectivity index (χ1v) is 12.0. The van der Waals surface area contributed by atoms with Crippen LogP contribution in [0, 0.1) is 27.7 Å². The number of esters is 1. The van der Waals surface area contributed by atoms with Crippen LogP contribution < -0.4 is 5.32 Å². The number of methoxy groups -OCH3 is 1. The molecule has 0 unspecified atom stereocenters. The van der Waals surface area contributed by atoms with Crippen LogP contribution in [0.15, 0.2) is 48.7 Å². The van der Waals surface area contributed by atoms with Crippen LogP contribution in [0.5, 0.6) is 0 Å². The second kappa shape index (κ2) is 9.97. The first-order chi connectivity index (χ1) is 16.3. The summed E-state index contributed by atoms with van der Waals surface area (Å²) in [5.41, 5.74) is 8.25. The lowest BCUT2D eigenvalue weighted by Crippen LogP contribution is -2.31. The number of hydrogen-bond donors (Lipinski definition) is 1. The van der Waals surface area contributed by atoms with E-state index in [0.717, 1.165) is 5.69 Å². The molecule has 34 heavy (non-hydrogen) atoms. The molecule has 0 saturated carbocycles. The van der Waals surface area contributed by atoms with Crippen LogP contribution in [0.1, 0.15) is 58.7 Å². The van der Waals surface area contributed by atoms with Gasteiger partial charge in [-0.25, -0.2) is 0 Å². The van der Waals surface area contributed by atoms with Gasteiger partial charge in [-0.15, -0.1) is 0 Å². The largest absolute Gasteiger partial charge is 0.469 e. The number of aromatic nitrogens is 2. The van der Waals surface area contributed by atoms with Crippen molar-refractivity contribution in [3.63, 3.8) is 0 Å². The van der Waals surface area contributed by atoms with Gasteiger partial charge in [-0.1, -0.05) is 18.2 Å². The van der Waals surface area contributed by atoms with Gasteiger partial charge in [-0.05, 0) is 87.3 Å². The Morgan fingerprint density at radius 3 is 2.65 bits per heavy atom. The topological polar surface area (TPSA) is 59.4 Å². The molecule has 3 heterocycles. The molecule has 0 spiro atoms. The predicted molar refractivity (Wildman–Crippen MR) is 138 cm³/mol. The third-order valence-corrected chi connectivity index (χ3v) is 7.16. The molecular weight excluding hydrogens is 444 g/mol. The Morgan fingerprint density at radius 2 is 1.94 bits per heavy atom. The Labute approximate surface area is 207 Å². The summed E-state index contributed by atoms with van der Waals surface area (Å²) >= 11 is 5.78. The molecular formula is C27H32N4O2S. The molecule has 1 saturated heterocycles. The maximum Gasteiger partial charge on any atom is 0.305 e. The summed E-state index contributed by atoms with van der Waals surface area (Å²) in [5.74, 6) is -0.205. The van der Waals surface area contributed by atoms with E-state index in [2.05, 4.69) is 71.7 Å². The number of ether oxygens (including phenoxy) is 1. The first kappa shape index (κ1) is 24.0. The molecule has 3 aromatic rings. The van der Waals surface area contributed by atoms with Crippen LogP contribution in [0.25, 0.3) is 5.69 Å². The Bertz CT molecular complexity index is 1200. The molecule has 1 aromatic carbocycles. The fraction of sp³-hybridized carbons (Fsp3) is 0.370. The van der Waals surface area contributed by atoms with Crippen molar-refractivity contribution in [3.05, 3.63) is 82.4 Å². The van der Waals surface area contributed by atoms with Crippen LogP contribution in [-0.2, 0) is 9.53 Å². The maximum atomic E-state index is 11.7. The molecule has 4 rings (SSSR count). The summed E-state index contributed by atoms with van der Waals surface area (Å²) in [6, 6.07) is 14.5. The summed E-state index contributed by atoms with van der Waals surface area (Å²) in [6.07, 6.45) is 2.84. The fourth-order valence-electron chi connectivity index (χ4n) is 4.92. The zero-order chi connectivity index (χ0) is 24.4. The van der Waals surface area contributed by atoms with Crippen molar-refractivity contribution in [1.82, 2.24) is 19.8 Å². The predicted octanol–water partition coefficient (Wildman–Crippen LogP) is 5.03. The molecule has 1 fully saturated rings. The zero-order valence-corrected chi connectivity index (χ0v) is 21.3. The normalized spacial score (nSPS) is 17.7. The van der Waals surface area contributed by atoms with Crippen molar-refractivity contribution in [1.29, 1.82) is 0 Å². The second-order valence-corrected chi connectivity index (χ2v) is 9.27. The number of aryl methyl sites for hydroxylation is 2. The number of nitrogens with zero attached hydrogens (tertiary/aromatic N) is 3. The highest BCUT2D eigenvalue weighted by Gasteiger charge is 2.41. The summed E-state index contributed by atoms with van der Waals surface area (Å²) in [5, 5.41) is 4.19. The van der Waals surface area contributed by atoms with Crippen molar-refractivity contribution in [2.75, 3.05) is 13.7 Å². The molecule has 1 N–H and O–H groups in total. The van der Waals surface area contributed by atoms with Crippen LogP contribution in [0.2, 0.25) is 0 Å². The molecule has 0 bridgehead atoms. The van der Waals surface area contributed by atoms with Gasteiger partial charge in [0.15, 0.2) is 5.11 Å². The number of thiocarbonyl (C=S) groups is 1. The SMILES string of the molecule is COC(=O)CCCN1C(=S)N[C@@H](c2ccccn2)[C@@H]1c1cc(C)n(-c2cccc(C)c2C)c1C. The third kappa shape index (κ3) is 4.44. The molecule has 0 radical (unpaired) electrons. The van der Waals surface area contributed by atoms with Crippen molar-refractivity contribution in [2.24, 2.45) is 0 Å². The van der Waals surface area contributed by atoms with E-state index in [9.17, 15) is 4.79 Å². The number of carbonyl (C=O) groups excluding carboxylic acids is 1. The lowest BCUT2D eigenvalue weighted by Gasteiger charge is -2.28. The van der Waals surface area contributed by atoms with Gasteiger partial charge in [0.1, 0.15) is 0 Å². The number of carbonyl (C=O) groups is 1. The van der Waals surface area contributed by atoms with Gasteiger partial charge in [0.2, 0.25) is 0 Å². The van der Waals surface area contributed by atoms with E-state index in [1.165, 1.54) is 40.9 Å². The second-order valence-electron chi connectivity index (χ2n) is 8.88. The Hall–Kier alpha value is -3.19. The van der Waals surface area contributed by atoms with E-state index in [1.54, 1.807) is 0 Å². The number of rotatable bonds is 7. The molecule has 178 valence electrons. The highest BCUT2D eigenvalue weighted by Crippen LogP contribution is 2.41. The van der Waals surface area contributed by atoms with Crippen LogP contribution in [0.4, 0.5) is 0 Å².